The molecule has 21 heavy (non-hydrogen) atoms. The fourth-order valence-electron chi connectivity index (χ4n) is 1.73. The normalized spacial score (nSPS) is 12.0. The van der Waals surface area contributed by atoms with Crippen LogP contribution in [-0.4, -0.2) is 35.4 Å². The van der Waals surface area contributed by atoms with Crippen LogP contribution >= 0.6 is 0 Å². The van der Waals surface area contributed by atoms with E-state index < -0.39 is 6.10 Å². The monoisotopic (exact) mass is 290 g/mol. The lowest BCUT2D eigenvalue weighted by Gasteiger charge is -2.13. The molecule has 0 radical (unpaired) electrons. The zero-order chi connectivity index (χ0) is 15.2. The van der Waals surface area contributed by atoms with Crippen LogP contribution in [0.25, 0.3) is 0 Å². The van der Waals surface area contributed by atoms with Crippen LogP contribution in [0.3, 0.4) is 0 Å². The molecular weight excluding hydrogens is 272 g/mol. The molecule has 0 aliphatic heterocycles. The second-order valence-electron chi connectivity index (χ2n) is 4.81. The van der Waals surface area contributed by atoms with E-state index >= 15 is 0 Å². The van der Waals surface area contributed by atoms with Gasteiger partial charge in [0.2, 0.25) is 0 Å². The van der Waals surface area contributed by atoms with E-state index in [0.717, 1.165) is 5.56 Å². The summed E-state index contributed by atoms with van der Waals surface area (Å²) in [5, 5.41) is 16.0. The molecule has 0 saturated carbocycles. The molecule has 1 heterocycles. The number of hydrogen-bond donors (Lipinski definition) is 2. The Morgan fingerprint density at radius 2 is 2.24 bits per heavy atom. The summed E-state index contributed by atoms with van der Waals surface area (Å²) < 4.78 is 10.3. The summed E-state index contributed by atoms with van der Waals surface area (Å²) in [5.41, 5.74) is 1.27. The molecule has 0 unspecified atom stereocenters. The number of aliphatic hydroxyl groups is 1. The molecule has 2 rings (SSSR count). The number of carbonyl (C=O) groups excluding carboxylic acids is 1. The van der Waals surface area contributed by atoms with Gasteiger partial charge in [0.15, 0.2) is 5.69 Å². The molecule has 112 valence electrons. The lowest BCUT2D eigenvalue weighted by molar-refractivity contribution is 0.0836. The van der Waals surface area contributed by atoms with Gasteiger partial charge in [-0.25, -0.2) is 0 Å². The van der Waals surface area contributed by atoms with Crippen molar-refractivity contribution in [3.63, 3.8) is 0 Å². The van der Waals surface area contributed by atoms with E-state index in [1.165, 1.54) is 6.07 Å². The molecule has 6 nitrogen and oxygen atoms in total. The van der Waals surface area contributed by atoms with Crippen molar-refractivity contribution >= 4 is 5.91 Å². The molecule has 6 heteroatoms. The third-order valence-corrected chi connectivity index (χ3v) is 2.79. The van der Waals surface area contributed by atoms with Gasteiger partial charge in [0.25, 0.3) is 5.91 Å². The maximum Gasteiger partial charge on any atom is 0.273 e. The number of rotatable bonds is 6. The number of aromatic nitrogens is 1. The van der Waals surface area contributed by atoms with Crippen LogP contribution in [0.1, 0.15) is 21.8 Å². The van der Waals surface area contributed by atoms with Gasteiger partial charge in [-0.15, -0.1) is 0 Å². The van der Waals surface area contributed by atoms with Crippen LogP contribution in [0.15, 0.2) is 34.9 Å². The van der Waals surface area contributed by atoms with E-state index in [4.69, 9.17) is 9.26 Å². The number of ether oxygens (including phenoxy) is 1. The molecule has 0 spiro atoms. The van der Waals surface area contributed by atoms with Gasteiger partial charge in [0.1, 0.15) is 24.2 Å². The highest BCUT2D eigenvalue weighted by Gasteiger charge is 2.13. The summed E-state index contributed by atoms with van der Waals surface area (Å²) >= 11 is 0. The summed E-state index contributed by atoms with van der Waals surface area (Å²) in [7, 11) is 0. The minimum atomic E-state index is -0.803. The first-order valence-corrected chi connectivity index (χ1v) is 6.63. The van der Waals surface area contributed by atoms with Crippen molar-refractivity contribution < 1.29 is 19.2 Å². The smallest absolute Gasteiger partial charge is 0.273 e. The fourth-order valence-corrected chi connectivity index (χ4v) is 1.73. The maximum absolute atomic E-state index is 11.7. The zero-order valence-electron chi connectivity index (χ0n) is 12.0. The lowest BCUT2D eigenvalue weighted by Crippen LogP contribution is -2.35. The number of benzene rings is 1. The fraction of sp³-hybridized carbons (Fsp3) is 0.333. The number of hydrogen-bond acceptors (Lipinski definition) is 5. The number of carbonyl (C=O) groups is 1. The SMILES string of the molecule is Cc1cccc(OC[C@H](O)CNC(=O)c2cc(C)on2)c1. The van der Waals surface area contributed by atoms with E-state index in [9.17, 15) is 9.90 Å². The average molecular weight is 290 g/mol. The van der Waals surface area contributed by atoms with Gasteiger partial charge in [-0.05, 0) is 31.5 Å². The van der Waals surface area contributed by atoms with Crippen molar-refractivity contribution in [2.75, 3.05) is 13.2 Å². The van der Waals surface area contributed by atoms with Gasteiger partial charge in [0.05, 0.1) is 0 Å². The van der Waals surface area contributed by atoms with Gasteiger partial charge >= 0.3 is 0 Å². The maximum atomic E-state index is 11.7. The predicted molar refractivity (Wildman–Crippen MR) is 76.3 cm³/mol. The Morgan fingerprint density at radius 1 is 1.43 bits per heavy atom. The van der Waals surface area contributed by atoms with Crippen molar-refractivity contribution in [1.29, 1.82) is 0 Å². The quantitative estimate of drug-likeness (QED) is 0.841. The van der Waals surface area contributed by atoms with Crippen LogP contribution < -0.4 is 10.1 Å². The Kier molecular flexibility index (Phi) is 4.94. The summed E-state index contributed by atoms with van der Waals surface area (Å²) in [6.45, 7) is 3.84. The Balaban J connectivity index is 1.74. The largest absolute Gasteiger partial charge is 0.491 e. The molecule has 0 fully saturated rings. The summed E-state index contributed by atoms with van der Waals surface area (Å²) in [6.07, 6.45) is -0.803. The van der Waals surface area contributed by atoms with Gasteiger partial charge in [-0.1, -0.05) is 17.3 Å². The van der Waals surface area contributed by atoms with Crippen molar-refractivity contribution in [3.8, 4) is 5.75 Å². The minimum absolute atomic E-state index is 0.0799. The first kappa shape index (κ1) is 15.1. The third kappa shape index (κ3) is 4.61. The Bertz CT molecular complexity index is 609. The second-order valence-corrected chi connectivity index (χ2v) is 4.81. The molecule has 1 atom stereocenters. The number of aliphatic hydroxyl groups excluding tert-OH is 1. The molecular formula is C15H18N2O4. The predicted octanol–water partition coefficient (Wildman–Crippen LogP) is 1.46. The summed E-state index contributed by atoms with van der Waals surface area (Å²) in [4.78, 5) is 11.7. The van der Waals surface area contributed by atoms with Gasteiger partial charge in [-0.2, -0.15) is 0 Å². The molecule has 2 N–H and O–H groups in total. The Morgan fingerprint density at radius 3 is 2.90 bits per heavy atom. The summed E-state index contributed by atoms with van der Waals surface area (Å²) in [6, 6.07) is 9.07. The van der Waals surface area contributed by atoms with Crippen LogP contribution in [0, 0.1) is 13.8 Å². The van der Waals surface area contributed by atoms with Crippen molar-refractivity contribution in [3.05, 3.63) is 47.3 Å². The van der Waals surface area contributed by atoms with Crippen LogP contribution in [0.5, 0.6) is 5.75 Å². The molecule has 0 bridgehead atoms. The molecule has 1 aromatic carbocycles. The number of aryl methyl sites for hydroxylation is 2. The standard InChI is InChI=1S/C15H18N2O4/c1-10-4-3-5-13(6-10)20-9-12(18)8-16-15(19)14-7-11(2)21-17-14/h3-7,12,18H,8-9H2,1-2H3,(H,16,19)/t12-/m1/s1. The molecule has 0 saturated heterocycles. The van der Waals surface area contributed by atoms with Gasteiger partial charge in [0, 0.05) is 12.6 Å². The first-order valence-electron chi connectivity index (χ1n) is 6.63. The molecule has 1 amide bonds. The van der Waals surface area contributed by atoms with Gasteiger partial charge < -0.3 is 19.7 Å². The van der Waals surface area contributed by atoms with E-state index in [2.05, 4.69) is 10.5 Å². The number of nitrogens with one attached hydrogen (secondary N) is 1. The average Bonchev–Trinajstić information content (AvgIpc) is 2.89. The van der Waals surface area contributed by atoms with Crippen LogP contribution in [-0.2, 0) is 0 Å². The highest BCUT2D eigenvalue weighted by Crippen LogP contribution is 2.12. The first-order chi connectivity index (χ1) is 10.0. The minimum Gasteiger partial charge on any atom is -0.491 e. The van der Waals surface area contributed by atoms with E-state index in [1.54, 1.807) is 6.92 Å². The van der Waals surface area contributed by atoms with Gasteiger partial charge in [-0.3, -0.25) is 4.79 Å². The second kappa shape index (κ2) is 6.90. The molecule has 0 aliphatic carbocycles. The lowest BCUT2D eigenvalue weighted by atomic mass is 10.2. The summed E-state index contributed by atoms with van der Waals surface area (Å²) in [5.74, 6) is 0.859. The van der Waals surface area contributed by atoms with Crippen LogP contribution in [0.2, 0.25) is 0 Å². The third-order valence-electron chi connectivity index (χ3n) is 2.79. The van der Waals surface area contributed by atoms with E-state index in [-0.39, 0.29) is 24.8 Å². The zero-order valence-corrected chi connectivity index (χ0v) is 12.0. The highest BCUT2D eigenvalue weighted by molar-refractivity contribution is 5.92. The van der Waals surface area contributed by atoms with Crippen molar-refractivity contribution in [2.45, 2.75) is 20.0 Å². The van der Waals surface area contributed by atoms with Crippen molar-refractivity contribution in [1.82, 2.24) is 10.5 Å². The van der Waals surface area contributed by atoms with E-state index in [1.807, 2.05) is 31.2 Å². The molecule has 1 aromatic heterocycles. The highest BCUT2D eigenvalue weighted by atomic mass is 16.5. The Hall–Kier alpha value is -2.34. The topological polar surface area (TPSA) is 84.6 Å². The number of nitrogens with zero attached hydrogens (tertiary/aromatic N) is 1. The van der Waals surface area contributed by atoms with E-state index in [0.29, 0.717) is 11.5 Å². The van der Waals surface area contributed by atoms with Crippen LogP contribution in [0.4, 0.5) is 0 Å². The van der Waals surface area contributed by atoms with Crippen molar-refractivity contribution in [2.24, 2.45) is 0 Å². The molecule has 0 aliphatic rings. The molecule has 2 aromatic rings. The Labute approximate surface area is 122 Å². The number of amides is 1.